The van der Waals surface area contributed by atoms with E-state index in [0.717, 1.165) is 11.0 Å². The van der Waals surface area contributed by atoms with Crippen molar-refractivity contribution in [3.05, 3.63) is 41.7 Å². The molecule has 1 atom stereocenters. The zero-order valence-electron chi connectivity index (χ0n) is 12.0. The smallest absolute Gasteiger partial charge is 0.330 e. The Morgan fingerprint density at radius 1 is 1.32 bits per heavy atom. The second kappa shape index (κ2) is 6.50. The molecule has 1 unspecified atom stereocenters. The fourth-order valence-electron chi connectivity index (χ4n) is 2.74. The van der Waals surface area contributed by atoms with E-state index in [2.05, 4.69) is 6.58 Å². The highest BCUT2D eigenvalue weighted by Gasteiger charge is 2.46. The fourth-order valence-corrected chi connectivity index (χ4v) is 2.74. The van der Waals surface area contributed by atoms with Crippen LogP contribution in [-0.4, -0.2) is 29.6 Å². The van der Waals surface area contributed by atoms with Gasteiger partial charge in [-0.15, -0.1) is 0 Å². The first-order valence-corrected chi connectivity index (χ1v) is 7.09. The number of hydrogen-bond donors (Lipinski definition) is 0. The zero-order chi connectivity index (χ0) is 16.3. The Bertz CT molecular complexity index is 568. The van der Waals surface area contributed by atoms with Crippen molar-refractivity contribution in [2.24, 2.45) is 0 Å². The number of carbonyl (C=O) groups excluding carboxylic acids is 1. The predicted molar refractivity (Wildman–Crippen MR) is 75.6 cm³/mol. The van der Waals surface area contributed by atoms with Gasteiger partial charge in [-0.25, -0.2) is 4.39 Å². The highest BCUT2D eigenvalue weighted by atomic mass is 19.4. The molecule has 0 N–H and O–H groups in total. The number of likely N-dealkylation sites (tertiary alicyclic amines) is 1. The minimum Gasteiger partial charge on any atom is -0.330 e. The van der Waals surface area contributed by atoms with E-state index < -0.39 is 23.9 Å². The van der Waals surface area contributed by atoms with Crippen molar-refractivity contribution in [3.8, 4) is 0 Å². The predicted octanol–water partition coefficient (Wildman–Crippen LogP) is 3.95. The van der Waals surface area contributed by atoms with Crippen LogP contribution in [0.3, 0.4) is 0 Å². The van der Waals surface area contributed by atoms with Gasteiger partial charge in [0.15, 0.2) is 0 Å². The molecule has 1 aliphatic rings. The number of hydrogen-bond acceptors (Lipinski definition) is 1. The van der Waals surface area contributed by atoms with Crippen LogP contribution in [0.1, 0.15) is 30.4 Å². The fraction of sp³-hybridized carbons (Fsp3) is 0.438. The molecule has 1 aliphatic heterocycles. The number of alkyl halides is 3. The summed E-state index contributed by atoms with van der Waals surface area (Å²) in [5, 5.41) is 0. The van der Waals surface area contributed by atoms with Gasteiger partial charge < -0.3 is 4.90 Å². The quantitative estimate of drug-likeness (QED) is 0.773. The van der Waals surface area contributed by atoms with E-state index >= 15 is 0 Å². The third kappa shape index (κ3) is 3.87. The molecule has 0 bridgehead atoms. The van der Waals surface area contributed by atoms with Gasteiger partial charge in [0.25, 0.3) is 0 Å². The Hall–Kier alpha value is -1.85. The van der Waals surface area contributed by atoms with E-state index in [1.54, 1.807) is 6.07 Å². The van der Waals surface area contributed by atoms with Crippen LogP contribution in [0.5, 0.6) is 0 Å². The van der Waals surface area contributed by atoms with E-state index in [4.69, 9.17) is 0 Å². The number of rotatable bonds is 3. The Balaban J connectivity index is 2.16. The maximum Gasteiger partial charge on any atom is 0.408 e. The summed E-state index contributed by atoms with van der Waals surface area (Å²) in [6.45, 7) is 3.61. The van der Waals surface area contributed by atoms with E-state index in [1.807, 2.05) is 0 Å². The van der Waals surface area contributed by atoms with Crippen molar-refractivity contribution in [2.45, 2.75) is 37.9 Å². The lowest BCUT2D eigenvalue weighted by molar-refractivity contribution is -0.195. The van der Waals surface area contributed by atoms with Crippen molar-refractivity contribution in [1.82, 2.24) is 4.90 Å². The number of nitrogens with zero attached hydrogens (tertiary/aromatic N) is 1. The van der Waals surface area contributed by atoms with Crippen molar-refractivity contribution in [1.29, 1.82) is 0 Å². The van der Waals surface area contributed by atoms with Crippen molar-refractivity contribution in [3.63, 3.8) is 0 Å². The molecule has 22 heavy (non-hydrogen) atoms. The molecule has 2 rings (SSSR count). The summed E-state index contributed by atoms with van der Waals surface area (Å²) >= 11 is 0. The van der Waals surface area contributed by atoms with Gasteiger partial charge in [0, 0.05) is 6.54 Å². The van der Waals surface area contributed by atoms with Crippen molar-refractivity contribution in [2.75, 3.05) is 6.54 Å². The van der Waals surface area contributed by atoms with Gasteiger partial charge in [-0.05, 0) is 42.5 Å². The van der Waals surface area contributed by atoms with Gasteiger partial charge in [-0.1, -0.05) is 18.7 Å². The first kappa shape index (κ1) is 16.5. The lowest BCUT2D eigenvalue weighted by Gasteiger charge is -2.36. The van der Waals surface area contributed by atoms with Crippen LogP contribution in [0.4, 0.5) is 17.6 Å². The third-order valence-corrected chi connectivity index (χ3v) is 3.77. The summed E-state index contributed by atoms with van der Waals surface area (Å²) in [5.74, 6) is -1.16. The molecule has 0 aromatic heterocycles. The van der Waals surface area contributed by atoms with Crippen LogP contribution < -0.4 is 0 Å². The molecule has 0 aliphatic carbocycles. The van der Waals surface area contributed by atoms with Crippen molar-refractivity contribution < 1.29 is 22.4 Å². The summed E-state index contributed by atoms with van der Waals surface area (Å²) in [6, 6.07) is 2.24. The van der Waals surface area contributed by atoms with Gasteiger partial charge in [-0.3, -0.25) is 4.79 Å². The molecule has 0 radical (unpaired) electrons. The molecule has 0 spiro atoms. The van der Waals surface area contributed by atoms with E-state index in [1.165, 1.54) is 12.1 Å². The van der Waals surface area contributed by atoms with Crippen LogP contribution >= 0.6 is 0 Å². The van der Waals surface area contributed by atoms with Crippen LogP contribution in [0, 0.1) is 5.82 Å². The largest absolute Gasteiger partial charge is 0.408 e. The number of amides is 1. The Labute approximate surface area is 126 Å². The summed E-state index contributed by atoms with van der Waals surface area (Å²) in [4.78, 5) is 13.1. The molecular formula is C16H17F4NO. The molecule has 1 heterocycles. The number of piperidine rings is 1. The van der Waals surface area contributed by atoms with Gasteiger partial charge in [0.1, 0.15) is 11.9 Å². The van der Waals surface area contributed by atoms with Gasteiger partial charge in [0.05, 0.1) is 6.42 Å². The van der Waals surface area contributed by atoms with E-state index in [9.17, 15) is 22.4 Å². The molecule has 1 fully saturated rings. The Morgan fingerprint density at radius 2 is 2.05 bits per heavy atom. The third-order valence-electron chi connectivity index (χ3n) is 3.77. The van der Waals surface area contributed by atoms with Crippen LogP contribution in [0.25, 0.3) is 6.08 Å². The van der Waals surface area contributed by atoms with E-state index in [-0.39, 0.29) is 19.4 Å². The molecule has 1 aromatic rings. The lowest BCUT2D eigenvalue weighted by atomic mass is 10.00. The van der Waals surface area contributed by atoms with Gasteiger partial charge >= 0.3 is 6.18 Å². The Morgan fingerprint density at radius 3 is 2.68 bits per heavy atom. The summed E-state index contributed by atoms with van der Waals surface area (Å²) in [5.41, 5.74) is 0.847. The Kier molecular flexibility index (Phi) is 4.88. The lowest BCUT2D eigenvalue weighted by Crippen LogP contribution is -2.51. The molecule has 1 amide bonds. The second-order valence-corrected chi connectivity index (χ2v) is 5.41. The molecule has 120 valence electrons. The zero-order valence-corrected chi connectivity index (χ0v) is 12.0. The average Bonchev–Trinajstić information content (AvgIpc) is 2.45. The highest BCUT2D eigenvalue weighted by Crippen LogP contribution is 2.32. The standard InChI is InChI=1S/C16H17F4NO/c1-2-11-7-12(9-13(17)8-11)10-15(22)21-6-4-3-5-14(21)16(18,19)20/h2,7-9,14H,1,3-6,10H2. The molecule has 2 nitrogen and oxygen atoms in total. The normalized spacial score (nSPS) is 19.1. The molecule has 0 saturated carbocycles. The molecular weight excluding hydrogens is 298 g/mol. The topological polar surface area (TPSA) is 20.3 Å². The summed E-state index contributed by atoms with van der Waals surface area (Å²) < 4.78 is 52.4. The minimum absolute atomic E-state index is 0.0731. The van der Waals surface area contributed by atoms with Crippen LogP contribution in [0.2, 0.25) is 0 Å². The number of benzene rings is 1. The molecule has 6 heteroatoms. The summed E-state index contributed by atoms with van der Waals surface area (Å²) in [7, 11) is 0. The number of halogens is 4. The maximum atomic E-state index is 13.4. The minimum atomic E-state index is -4.43. The first-order chi connectivity index (χ1) is 10.3. The summed E-state index contributed by atoms with van der Waals surface area (Å²) in [6.07, 6.45) is -2.31. The monoisotopic (exact) mass is 315 g/mol. The first-order valence-electron chi connectivity index (χ1n) is 7.09. The van der Waals surface area contributed by atoms with Crippen LogP contribution in [0.15, 0.2) is 24.8 Å². The van der Waals surface area contributed by atoms with Crippen molar-refractivity contribution >= 4 is 12.0 Å². The maximum absolute atomic E-state index is 13.4. The number of carbonyl (C=O) groups is 1. The highest BCUT2D eigenvalue weighted by molar-refractivity contribution is 5.79. The molecule has 1 saturated heterocycles. The van der Waals surface area contributed by atoms with Gasteiger partial charge in [0.2, 0.25) is 5.91 Å². The second-order valence-electron chi connectivity index (χ2n) is 5.41. The average molecular weight is 315 g/mol. The van der Waals surface area contributed by atoms with E-state index in [0.29, 0.717) is 24.0 Å². The van der Waals surface area contributed by atoms with Gasteiger partial charge in [-0.2, -0.15) is 13.2 Å². The SMILES string of the molecule is C=Cc1cc(F)cc(CC(=O)N2CCCCC2C(F)(F)F)c1. The van der Waals surface area contributed by atoms with Crippen LogP contribution in [-0.2, 0) is 11.2 Å². The molecule has 1 aromatic carbocycles.